The van der Waals surface area contributed by atoms with Crippen LogP contribution in [0.2, 0.25) is 5.02 Å². The number of aliphatic hydroxyl groups excluding tert-OH is 1. The fourth-order valence-electron chi connectivity index (χ4n) is 1.80. The zero-order valence-corrected chi connectivity index (χ0v) is 12.3. The molecule has 0 saturated heterocycles. The average molecular weight is 366 g/mol. The van der Waals surface area contributed by atoms with Crippen molar-refractivity contribution < 1.29 is 18.3 Å². The van der Waals surface area contributed by atoms with Crippen molar-refractivity contribution in [2.24, 2.45) is 0 Å². The van der Waals surface area contributed by atoms with E-state index in [1.165, 1.54) is 12.1 Å². The predicted molar refractivity (Wildman–Crippen MR) is 74.7 cm³/mol. The smallest absolute Gasteiger partial charge is 0.384 e. The fourth-order valence-corrected chi connectivity index (χ4v) is 2.41. The van der Waals surface area contributed by atoms with Crippen molar-refractivity contribution in [2.75, 3.05) is 0 Å². The van der Waals surface area contributed by atoms with E-state index in [-0.39, 0.29) is 10.6 Å². The Hall–Kier alpha value is -1.04. The Balaban J connectivity index is 2.44. The molecule has 106 valence electrons. The molecule has 1 N–H and O–H groups in total. The highest BCUT2D eigenvalue weighted by atomic mass is 79.9. The summed E-state index contributed by atoms with van der Waals surface area (Å²) >= 11 is 9.25. The summed E-state index contributed by atoms with van der Waals surface area (Å²) in [6.45, 7) is 0. The summed E-state index contributed by atoms with van der Waals surface area (Å²) in [4.78, 5) is 0. The molecule has 0 fully saturated rings. The molecule has 1 atom stereocenters. The zero-order valence-electron chi connectivity index (χ0n) is 9.96. The van der Waals surface area contributed by atoms with E-state index in [0.717, 1.165) is 12.1 Å². The third-order valence-electron chi connectivity index (χ3n) is 2.81. The summed E-state index contributed by atoms with van der Waals surface area (Å²) in [5.41, 5.74) is -0.319. The van der Waals surface area contributed by atoms with Gasteiger partial charge in [-0.3, -0.25) is 0 Å². The van der Waals surface area contributed by atoms with Crippen LogP contribution < -0.4 is 0 Å². The first-order chi connectivity index (χ1) is 9.30. The highest BCUT2D eigenvalue weighted by Gasteiger charge is 2.31. The van der Waals surface area contributed by atoms with E-state index in [9.17, 15) is 18.3 Å². The Morgan fingerprint density at radius 2 is 1.75 bits per heavy atom. The van der Waals surface area contributed by atoms with Crippen LogP contribution in [-0.2, 0) is 6.18 Å². The molecule has 1 nitrogen and oxygen atoms in total. The average Bonchev–Trinajstić information content (AvgIpc) is 2.40. The molecule has 0 heterocycles. The maximum absolute atomic E-state index is 12.7. The zero-order chi connectivity index (χ0) is 14.9. The molecular weight excluding hydrogens is 357 g/mol. The summed E-state index contributed by atoms with van der Waals surface area (Å²) in [6.07, 6.45) is -5.67. The van der Waals surface area contributed by atoms with Crippen molar-refractivity contribution in [1.29, 1.82) is 0 Å². The molecule has 0 aliphatic carbocycles. The molecule has 0 amide bonds. The molecule has 0 spiro atoms. The lowest BCUT2D eigenvalue weighted by atomic mass is 9.99. The van der Waals surface area contributed by atoms with Gasteiger partial charge in [-0.05, 0) is 39.7 Å². The van der Waals surface area contributed by atoms with Crippen LogP contribution in [0.5, 0.6) is 0 Å². The van der Waals surface area contributed by atoms with E-state index >= 15 is 0 Å². The summed E-state index contributed by atoms with van der Waals surface area (Å²) in [5.74, 6) is 0. The normalized spacial score (nSPS) is 13.3. The first-order valence-corrected chi connectivity index (χ1v) is 6.77. The first kappa shape index (κ1) is 15.4. The summed E-state index contributed by atoms with van der Waals surface area (Å²) in [6, 6.07) is 9.47. The van der Waals surface area contributed by atoms with Gasteiger partial charge in [-0.1, -0.05) is 35.9 Å². The van der Waals surface area contributed by atoms with Gasteiger partial charge in [-0.25, -0.2) is 0 Å². The topological polar surface area (TPSA) is 20.2 Å². The molecule has 6 heteroatoms. The molecule has 0 bridgehead atoms. The largest absolute Gasteiger partial charge is 0.416 e. The van der Waals surface area contributed by atoms with Crippen LogP contribution in [0, 0.1) is 0 Å². The van der Waals surface area contributed by atoms with Crippen LogP contribution in [0.3, 0.4) is 0 Å². The third-order valence-corrected chi connectivity index (χ3v) is 4.12. The molecule has 1 unspecified atom stereocenters. The highest BCUT2D eigenvalue weighted by molar-refractivity contribution is 9.10. The van der Waals surface area contributed by atoms with Crippen molar-refractivity contribution in [2.45, 2.75) is 12.3 Å². The molecule has 2 aromatic rings. The minimum Gasteiger partial charge on any atom is -0.384 e. The standard InChI is InChI=1S/C14H9BrClF3O/c15-11-6-2-5-10(12(11)16)13(20)8-3-1-4-9(7-8)14(17,18)19/h1-7,13,20H. The van der Waals surface area contributed by atoms with Gasteiger partial charge in [0.25, 0.3) is 0 Å². The van der Waals surface area contributed by atoms with Gasteiger partial charge in [0, 0.05) is 10.0 Å². The lowest BCUT2D eigenvalue weighted by molar-refractivity contribution is -0.137. The van der Waals surface area contributed by atoms with Crippen LogP contribution in [0.25, 0.3) is 0 Å². The Bertz CT molecular complexity index is 628. The molecule has 0 aliphatic heterocycles. The Kier molecular flexibility index (Phi) is 4.42. The van der Waals surface area contributed by atoms with Crippen molar-refractivity contribution in [3.63, 3.8) is 0 Å². The number of hydrogen-bond donors (Lipinski definition) is 1. The lowest BCUT2D eigenvalue weighted by Gasteiger charge is -2.15. The SMILES string of the molecule is OC(c1cccc(C(F)(F)F)c1)c1cccc(Br)c1Cl. The number of hydrogen-bond acceptors (Lipinski definition) is 1. The number of benzene rings is 2. The Morgan fingerprint density at radius 1 is 1.10 bits per heavy atom. The number of alkyl halides is 3. The molecule has 0 radical (unpaired) electrons. The molecule has 0 aromatic heterocycles. The van der Waals surface area contributed by atoms with Gasteiger partial charge < -0.3 is 5.11 Å². The number of aliphatic hydroxyl groups is 1. The minimum atomic E-state index is -4.45. The Morgan fingerprint density at radius 3 is 2.40 bits per heavy atom. The lowest BCUT2D eigenvalue weighted by Crippen LogP contribution is -2.07. The van der Waals surface area contributed by atoms with Crippen LogP contribution in [0.1, 0.15) is 22.8 Å². The van der Waals surface area contributed by atoms with E-state index in [1.54, 1.807) is 18.2 Å². The van der Waals surface area contributed by atoms with Gasteiger partial charge >= 0.3 is 6.18 Å². The van der Waals surface area contributed by atoms with Gasteiger partial charge in [0.15, 0.2) is 0 Å². The van der Waals surface area contributed by atoms with Crippen LogP contribution in [-0.4, -0.2) is 5.11 Å². The van der Waals surface area contributed by atoms with E-state index < -0.39 is 17.8 Å². The van der Waals surface area contributed by atoms with Crippen molar-refractivity contribution in [3.05, 3.63) is 68.7 Å². The van der Waals surface area contributed by atoms with Crippen LogP contribution >= 0.6 is 27.5 Å². The molecule has 20 heavy (non-hydrogen) atoms. The second-order valence-electron chi connectivity index (χ2n) is 4.17. The number of rotatable bonds is 2. The van der Waals surface area contributed by atoms with Gasteiger partial charge in [-0.2, -0.15) is 13.2 Å². The molecule has 2 aromatic carbocycles. The summed E-state index contributed by atoms with van der Waals surface area (Å²) in [5, 5.41) is 10.5. The molecule has 2 rings (SSSR count). The second kappa shape index (κ2) is 5.76. The van der Waals surface area contributed by atoms with Crippen LogP contribution in [0.15, 0.2) is 46.9 Å². The van der Waals surface area contributed by atoms with Crippen LogP contribution in [0.4, 0.5) is 13.2 Å². The van der Waals surface area contributed by atoms with Gasteiger partial charge in [0.2, 0.25) is 0 Å². The van der Waals surface area contributed by atoms with Gasteiger partial charge in [-0.15, -0.1) is 0 Å². The fraction of sp³-hybridized carbons (Fsp3) is 0.143. The summed E-state index contributed by atoms with van der Waals surface area (Å²) in [7, 11) is 0. The maximum atomic E-state index is 12.7. The maximum Gasteiger partial charge on any atom is 0.416 e. The molecular formula is C14H9BrClF3O. The third kappa shape index (κ3) is 3.16. The van der Waals surface area contributed by atoms with Crippen molar-refractivity contribution in [1.82, 2.24) is 0 Å². The van der Waals surface area contributed by atoms with E-state index in [4.69, 9.17) is 11.6 Å². The Labute approximate surface area is 127 Å². The minimum absolute atomic E-state index is 0.139. The molecule has 0 aliphatic rings. The van der Waals surface area contributed by atoms with E-state index in [1.807, 2.05) is 0 Å². The predicted octanol–water partition coefficient (Wildman–Crippen LogP) is 5.20. The number of halogens is 5. The van der Waals surface area contributed by atoms with Gasteiger partial charge in [0.1, 0.15) is 6.10 Å². The monoisotopic (exact) mass is 364 g/mol. The first-order valence-electron chi connectivity index (χ1n) is 5.60. The van der Waals surface area contributed by atoms with Crippen molar-refractivity contribution >= 4 is 27.5 Å². The van der Waals surface area contributed by atoms with Gasteiger partial charge in [0.05, 0.1) is 10.6 Å². The highest BCUT2D eigenvalue weighted by Crippen LogP contribution is 2.35. The van der Waals surface area contributed by atoms with E-state index in [0.29, 0.717) is 10.0 Å². The second-order valence-corrected chi connectivity index (χ2v) is 5.40. The quantitative estimate of drug-likeness (QED) is 0.775. The van der Waals surface area contributed by atoms with E-state index in [2.05, 4.69) is 15.9 Å². The summed E-state index contributed by atoms with van der Waals surface area (Å²) < 4.78 is 38.6. The molecule has 0 saturated carbocycles. The van der Waals surface area contributed by atoms with Crippen molar-refractivity contribution in [3.8, 4) is 0 Å².